The first kappa shape index (κ1) is 32.7. The summed E-state index contributed by atoms with van der Waals surface area (Å²) in [5.74, 6) is 1.73. The number of aryl methyl sites for hydroxylation is 2. The maximum Gasteiger partial charge on any atom is 0.303 e. The van der Waals surface area contributed by atoms with Gasteiger partial charge in [0.15, 0.2) is 0 Å². The number of benzene rings is 2. The number of piperidine rings is 1. The van der Waals surface area contributed by atoms with Crippen LogP contribution in [0.3, 0.4) is 0 Å². The number of hydrogen-bond donors (Lipinski definition) is 1. The molecule has 2 aliphatic rings. The predicted molar refractivity (Wildman–Crippen MR) is 171 cm³/mol. The zero-order chi connectivity index (χ0) is 29.6. The van der Waals surface area contributed by atoms with Gasteiger partial charge in [0.05, 0.1) is 13.5 Å². The number of carboxylic acid groups (broad SMARTS) is 1. The Morgan fingerprint density at radius 1 is 1.05 bits per heavy atom. The number of nitrogens with zero attached hydrogens (tertiary/aromatic N) is 4. The van der Waals surface area contributed by atoms with E-state index < -0.39 is 5.97 Å². The normalized spacial score (nSPS) is 15.5. The molecule has 5 rings (SSSR count). The number of likely N-dealkylation sites (tertiary alicyclic amines) is 1. The lowest BCUT2D eigenvalue weighted by Gasteiger charge is -2.31. The maximum absolute atomic E-state index is 13.4. The number of methoxy groups -OCH3 is 1. The second-order valence-electron chi connectivity index (χ2n) is 11.5. The first-order chi connectivity index (χ1) is 20.3. The maximum atomic E-state index is 13.4. The van der Waals surface area contributed by atoms with E-state index in [-0.39, 0.29) is 37.1 Å². The molecule has 1 aromatic heterocycles. The van der Waals surface area contributed by atoms with Crippen molar-refractivity contribution in [1.82, 2.24) is 15.1 Å². The van der Waals surface area contributed by atoms with Crippen molar-refractivity contribution in [3.05, 3.63) is 53.1 Å². The molecule has 1 N–H and O–H groups in total. The van der Waals surface area contributed by atoms with E-state index in [2.05, 4.69) is 27.2 Å². The first-order valence-electron chi connectivity index (χ1n) is 14.7. The molecule has 0 bridgehead atoms. The summed E-state index contributed by atoms with van der Waals surface area (Å²) < 4.78 is 11.5. The number of carboxylic acids is 1. The summed E-state index contributed by atoms with van der Waals surface area (Å²) in [6.07, 6.45) is 4.67. The van der Waals surface area contributed by atoms with Crippen LogP contribution in [0.4, 0.5) is 5.13 Å². The Bertz CT molecular complexity index is 1380. The number of carbonyl (C=O) groups excluding carboxylic acids is 1. The van der Waals surface area contributed by atoms with Crippen LogP contribution in [0.5, 0.6) is 11.5 Å². The number of aromatic nitrogens is 2. The molecule has 9 nitrogen and oxygen atoms in total. The second kappa shape index (κ2) is 15.0. The molecular formula is C32H41ClN4O5S. The highest BCUT2D eigenvalue weighted by molar-refractivity contribution is 7.18. The van der Waals surface area contributed by atoms with Gasteiger partial charge in [-0.25, -0.2) is 0 Å². The summed E-state index contributed by atoms with van der Waals surface area (Å²) in [5, 5.41) is 19.4. The van der Waals surface area contributed by atoms with Crippen molar-refractivity contribution in [2.45, 2.75) is 52.4 Å². The smallest absolute Gasteiger partial charge is 0.303 e. The molecule has 2 heterocycles. The Labute approximate surface area is 263 Å². The van der Waals surface area contributed by atoms with E-state index in [0.717, 1.165) is 84.1 Å². The molecule has 2 fully saturated rings. The lowest BCUT2D eigenvalue weighted by atomic mass is 9.94. The largest absolute Gasteiger partial charge is 0.497 e. The zero-order valence-corrected chi connectivity index (χ0v) is 26.7. The number of halogens is 1. The van der Waals surface area contributed by atoms with E-state index in [1.807, 2.05) is 38.1 Å². The number of anilines is 1. The van der Waals surface area contributed by atoms with Gasteiger partial charge in [0.25, 0.3) is 0 Å². The summed E-state index contributed by atoms with van der Waals surface area (Å²) in [4.78, 5) is 28.6. The fraction of sp³-hybridized carbons (Fsp3) is 0.500. The van der Waals surface area contributed by atoms with Gasteiger partial charge in [0, 0.05) is 25.1 Å². The molecule has 1 saturated carbocycles. The first-order valence-corrected chi connectivity index (χ1v) is 15.6. The SMILES string of the molecule is COc1cccc(CC(=O)N(CC2CC2)c2nnc(-c3cc(C)c(OCCN4CCC(CC(=O)O)CC4)c(C)c3)s2)c1.Cl. The van der Waals surface area contributed by atoms with Crippen molar-refractivity contribution in [3.8, 4) is 22.1 Å². The van der Waals surface area contributed by atoms with Crippen LogP contribution in [0, 0.1) is 25.7 Å². The monoisotopic (exact) mass is 628 g/mol. The average Bonchev–Trinajstić information content (AvgIpc) is 3.66. The van der Waals surface area contributed by atoms with Crippen LogP contribution in [-0.4, -0.2) is 72.0 Å². The Hall–Kier alpha value is -3.21. The van der Waals surface area contributed by atoms with Gasteiger partial charge in [-0.05, 0) is 105 Å². The minimum Gasteiger partial charge on any atom is -0.497 e. The Kier molecular flexibility index (Phi) is 11.4. The van der Waals surface area contributed by atoms with E-state index in [1.54, 1.807) is 12.0 Å². The van der Waals surface area contributed by atoms with E-state index in [0.29, 0.717) is 24.2 Å². The summed E-state index contributed by atoms with van der Waals surface area (Å²) in [5.41, 5.74) is 3.94. The molecule has 1 saturated heterocycles. The van der Waals surface area contributed by atoms with Crippen molar-refractivity contribution in [3.63, 3.8) is 0 Å². The number of amides is 1. The van der Waals surface area contributed by atoms with Gasteiger partial charge >= 0.3 is 5.97 Å². The highest BCUT2D eigenvalue weighted by atomic mass is 35.5. The van der Waals surface area contributed by atoms with E-state index >= 15 is 0 Å². The van der Waals surface area contributed by atoms with Crippen LogP contribution < -0.4 is 14.4 Å². The highest BCUT2D eigenvalue weighted by Crippen LogP contribution is 2.36. The lowest BCUT2D eigenvalue weighted by molar-refractivity contribution is -0.138. The van der Waals surface area contributed by atoms with E-state index in [9.17, 15) is 9.59 Å². The van der Waals surface area contributed by atoms with Crippen molar-refractivity contribution in [2.75, 3.05) is 44.8 Å². The highest BCUT2D eigenvalue weighted by Gasteiger charge is 2.30. The molecule has 0 unspecified atom stereocenters. The van der Waals surface area contributed by atoms with E-state index in [1.165, 1.54) is 11.3 Å². The summed E-state index contributed by atoms with van der Waals surface area (Å²) in [6, 6.07) is 11.8. The van der Waals surface area contributed by atoms with Crippen LogP contribution in [-0.2, 0) is 16.0 Å². The molecular weight excluding hydrogens is 588 g/mol. The fourth-order valence-corrected chi connectivity index (χ4v) is 6.44. The Morgan fingerprint density at radius 2 is 1.77 bits per heavy atom. The van der Waals surface area contributed by atoms with Gasteiger partial charge in [-0.1, -0.05) is 23.5 Å². The predicted octanol–water partition coefficient (Wildman–Crippen LogP) is 5.80. The van der Waals surface area contributed by atoms with Crippen molar-refractivity contribution < 1.29 is 24.2 Å². The zero-order valence-electron chi connectivity index (χ0n) is 25.1. The van der Waals surface area contributed by atoms with Gasteiger partial charge in [0.1, 0.15) is 23.1 Å². The fourth-order valence-electron chi connectivity index (χ4n) is 5.58. The quantitative estimate of drug-likeness (QED) is 0.253. The van der Waals surface area contributed by atoms with Gasteiger partial charge < -0.3 is 14.6 Å². The molecule has 11 heteroatoms. The third-order valence-electron chi connectivity index (χ3n) is 8.11. The molecule has 1 aliphatic carbocycles. The number of aliphatic carboxylic acids is 1. The van der Waals surface area contributed by atoms with Crippen LogP contribution in [0.25, 0.3) is 10.6 Å². The molecule has 0 radical (unpaired) electrons. The minimum atomic E-state index is -0.704. The van der Waals surface area contributed by atoms with Crippen LogP contribution in [0.15, 0.2) is 36.4 Å². The molecule has 232 valence electrons. The Morgan fingerprint density at radius 3 is 2.42 bits per heavy atom. The van der Waals surface area contributed by atoms with Gasteiger partial charge in [-0.15, -0.1) is 22.6 Å². The lowest BCUT2D eigenvalue weighted by Crippen LogP contribution is -2.37. The third kappa shape index (κ3) is 8.90. The molecule has 0 atom stereocenters. The number of rotatable bonds is 13. The molecule has 1 aliphatic heterocycles. The standard InChI is InChI=1S/C32H40N4O5S.ClH/c1-21-15-26(16-22(2)30(21)41-14-13-35-11-9-23(10-12-35)19-29(38)39)31-33-34-32(42-31)36(20-24-7-8-24)28(37)18-25-5-4-6-27(17-25)40-3;/h4-6,15-17,23-24H,7-14,18-20H2,1-3H3,(H,38,39);1H. The average molecular weight is 629 g/mol. The number of hydrogen-bond acceptors (Lipinski definition) is 8. The van der Waals surface area contributed by atoms with Gasteiger partial charge in [0.2, 0.25) is 11.0 Å². The minimum absolute atomic E-state index is 0. The summed E-state index contributed by atoms with van der Waals surface area (Å²) in [6.45, 7) is 7.98. The van der Waals surface area contributed by atoms with Crippen LogP contribution in [0.2, 0.25) is 0 Å². The van der Waals surface area contributed by atoms with Crippen molar-refractivity contribution in [1.29, 1.82) is 0 Å². The van der Waals surface area contributed by atoms with Crippen molar-refractivity contribution in [2.24, 2.45) is 11.8 Å². The topological polar surface area (TPSA) is 105 Å². The Balaban J connectivity index is 0.00000423. The molecule has 3 aromatic rings. The van der Waals surface area contributed by atoms with Gasteiger partial charge in [-0.2, -0.15) is 0 Å². The van der Waals surface area contributed by atoms with Crippen molar-refractivity contribution >= 4 is 40.8 Å². The van der Waals surface area contributed by atoms with Gasteiger partial charge in [-0.3, -0.25) is 19.4 Å². The molecule has 1 amide bonds. The molecule has 0 spiro atoms. The molecule has 2 aromatic carbocycles. The number of carbonyl (C=O) groups is 2. The number of ether oxygens (including phenoxy) is 2. The summed E-state index contributed by atoms with van der Waals surface area (Å²) >= 11 is 1.45. The van der Waals surface area contributed by atoms with E-state index in [4.69, 9.17) is 14.6 Å². The summed E-state index contributed by atoms with van der Waals surface area (Å²) in [7, 11) is 1.63. The van der Waals surface area contributed by atoms with Crippen LogP contribution >= 0.6 is 23.7 Å². The second-order valence-corrected chi connectivity index (χ2v) is 12.5. The third-order valence-corrected chi connectivity index (χ3v) is 9.10. The molecule has 43 heavy (non-hydrogen) atoms. The van der Waals surface area contributed by atoms with Crippen LogP contribution in [0.1, 0.15) is 48.8 Å².